The van der Waals surface area contributed by atoms with Crippen molar-refractivity contribution in [3.05, 3.63) is 35.5 Å². The maximum atomic E-state index is 12.0. The zero-order valence-electron chi connectivity index (χ0n) is 12.4. The molecule has 0 radical (unpaired) electrons. The van der Waals surface area contributed by atoms with Crippen molar-refractivity contribution in [1.82, 2.24) is 9.47 Å². The molecule has 1 aliphatic heterocycles. The van der Waals surface area contributed by atoms with Gasteiger partial charge in [0.2, 0.25) is 0 Å². The highest BCUT2D eigenvalue weighted by atomic mass is 16.5. The van der Waals surface area contributed by atoms with E-state index in [1.54, 1.807) is 0 Å². The summed E-state index contributed by atoms with van der Waals surface area (Å²) in [4.78, 5) is 14.1. The molecule has 3 rings (SSSR count). The second-order valence-electron chi connectivity index (χ2n) is 5.52. The molecule has 1 aromatic carbocycles. The molecule has 0 spiro atoms. The van der Waals surface area contributed by atoms with E-state index in [0.717, 1.165) is 0 Å². The van der Waals surface area contributed by atoms with Gasteiger partial charge in [-0.15, -0.1) is 0 Å². The summed E-state index contributed by atoms with van der Waals surface area (Å²) in [5, 5.41) is 1.25. The van der Waals surface area contributed by atoms with Crippen molar-refractivity contribution in [2.24, 2.45) is 7.05 Å². The van der Waals surface area contributed by atoms with Gasteiger partial charge in [-0.25, -0.2) is 0 Å². The quantitative estimate of drug-likeness (QED) is 0.747. The zero-order valence-corrected chi connectivity index (χ0v) is 12.4. The summed E-state index contributed by atoms with van der Waals surface area (Å²) >= 11 is 0. The number of rotatable bonds is 1. The van der Waals surface area contributed by atoms with E-state index >= 15 is 0 Å². The van der Waals surface area contributed by atoms with Gasteiger partial charge in [-0.3, -0.25) is 9.69 Å². The predicted octanol–water partition coefficient (Wildman–Crippen LogP) is 2.27. The topological polar surface area (TPSA) is 34.5 Å². The van der Waals surface area contributed by atoms with Gasteiger partial charge in [0.1, 0.15) is 6.04 Å². The highest BCUT2D eigenvalue weighted by Gasteiger charge is 2.37. The van der Waals surface area contributed by atoms with Crippen LogP contribution in [0.2, 0.25) is 0 Å². The van der Waals surface area contributed by atoms with Crippen LogP contribution in [0.1, 0.15) is 24.2 Å². The third-order valence-electron chi connectivity index (χ3n) is 4.63. The first kappa shape index (κ1) is 13.2. The Labute approximate surface area is 118 Å². The summed E-state index contributed by atoms with van der Waals surface area (Å²) in [5.41, 5.74) is 3.81. The van der Waals surface area contributed by atoms with Gasteiger partial charge in [-0.05, 0) is 25.6 Å². The van der Waals surface area contributed by atoms with Gasteiger partial charge in [0.15, 0.2) is 0 Å². The maximum Gasteiger partial charge on any atom is 0.323 e. The van der Waals surface area contributed by atoms with E-state index in [1.807, 2.05) is 7.05 Å². The fourth-order valence-electron chi connectivity index (χ4n) is 3.42. The minimum atomic E-state index is -0.201. The van der Waals surface area contributed by atoms with Crippen LogP contribution in [-0.2, 0) is 23.0 Å². The number of aromatic nitrogens is 1. The van der Waals surface area contributed by atoms with Crippen LogP contribution in [0.4, 0.5) is 0 Å². The van der Waals surface area contributed by atoms with Gasteiger partial charge in [-0.2, -0.15) is 0 Å². The monoisotopic (exact) mass is 272 g/mol. The van der Waals surface area contributed by atoms with E-state index in [0.29, 0.717) is 6.42 Å². The average molecular weight is 272 g/mol. The number of hydrogen-bond acceptors (Lipinski definition) is 3. The molecular formula is C16H20N2O2. The van der Waals surface area contributed by atoms with Crippen molar-refractivity contribution < 1.29 is 9.53 Å². The Morgan fingerprint density at radius 1 is 1.30 bits per heavy atom. The Balaban J connectivity index is 2.20. The second kappa shape index (κ2) is 4.63. The van der Waals surface area contributed by atoms with Crippen LogP contribution >= 0.6 is 0 Å². The number of fused-ring (bicyclic) bond motifs is 3. The number of benzene rings is 1. The lowest BCUT2D eigenvalue weighted by Gasteiger charge is -2.36. The standard InChI is InChI=1S/C16H20N2O2/c1-10-15-12(9-14(17(10)2)16(19)20-4)11-7-5-6-8-13(11)18(15)3/h5-8,10,14H,9H2,1-4H3/t10?,14-/m0/s1. The molecule has 1 aliphatic rings. The van der Waals surface area contributed by atoms with Crippen molar-refractivity contribution in [1.29, 1.82) is 0 Å². The normalized spacial score (nSPS) is 22.8. The number of likely N-dealkylation sites (N-methyl/N-ethyl adjacent to an activating group) is 1. The number of methoxy groups -OCH3 is 1. The average Bonchev–Trinajstić information content (AvgIpc) is 2.75. The first-order valence-electron chi connectivity index (χ1n) is 6.92. The first-order chi connectivity index (χ1) is 9.56. The summed E-state index contributed by atoms with van der Waals surface area (Å²) in [6.07, 6.45) is 0.712. The molecule has 1 unspecified atom stereocenters. The first-order valence-corrected chi connectivity index (χ1v) is 6.92. The lowest BCUT2D eigenvalue weighted by atomic mass is 9.93. The molecule has 20 heavy (non-hydrogen) atoms. The van der Waals surface area contributed by atoms with E-state index < -0.39 is 0 Å². The van der Waals surface area contributed by atoms with Crippen molar-refractivity contribution in [2.45, 2.75) is 25.4 Å². The third kappa shape index (κ3) is 1.68. The molecule has 0 fully saturated rings. The van der Waals surface area contributed by atoms with Crippen LogP contribution in [0.3, 0.4) is 0 Å². The van der Waals surface area contributed by atoms with Gasteiger partial charge in [0, 0.05) is 36.1 Å². The number of carbonyl (C=O) groups is 1. The highest BCUT2D eigenvalue weighted by Crippen LogP contribution is 2.37. The molecule has 4 heteroatoms. The Bertz CT molecular complexity index is 674. The fourth-order valence-corrected chi connectivity index (χ4v) is 3.42. The zero-order chi connectivity index (χ0) is 14.4. The summed E-state index contributed by atoms with van der Waals surface area (Å²) < 4.78 is 7.20. The molecule has 0 saturated carbocycles. The number of esters is 1. The minimum Gasteiger partial charge on any atom is -0.468 e. The number of aryl methyl sites for hydroxylation is 1. The molecule has 0 amide bonds. The molecule has 4 nitrogen and oxygen atoms in total. The van der Waals surface area contributed by atoms with Gasteiger partial charge >= 0.3 is 5.97 Å². The van der Waals surface area contributed by atoms with E-state index in [4.69, 9.17) is 4.74 Å². The summed E-state index contributed by atoms with van der Waals surface area (Å²) in [5.74, 6) is -0.155. The largest absolute Gasteiger partial charge is 0.468 e. The molecule has 1 aromatic heterocycles. The Kier molecular flexibility index (Phi) is 3.05. The molecule has 2 aromatic rings. The SMILES string of the molecule is COC(=O)[C@@H]1Cc2c(n(C)c3ccccc23)C(C)N1C. The Morgan fingerprint density at radius 3 is 2.70 bits per heavy atom. The molecular weight excluding hydrogens is 252 g/mol. The van der Waals surface area contributed by atoms with Crippen LogP contribution in [0.5, 0.6) is 0 Å². The summed E-state index contributed by atoms with van der Waals surface area (Å²) in [7, 11) is 5.55. The molecule has 2 heterocycles. The van der Waals surface area contributed by atoms with Crippen molar-refractivity contribution >= 4 is 16.9 Å². The van der Waals surface area contributed by atoms with Gasteiger partial charge in [0.05, 0.1) is 7.11 Å². The number of hydrogen-bond donors (Lipinski definition) is 0. The van der Waals surface area contributed by atoms with Crippen LogP contribution in [-0.4, -0.2) is 35.6 Å². The molecule has 106 valence electrons. The lowest BCUT2D eigenvalue weighted by Crippen LogP contribution is -2.46. The maximum absolute atomic E-state index is 12.0. The van der Waals surface area contributed by atoms with Crippen LogP contribution < -0.4 is 0 Å². The highest BCUT2D eigenvalue weighted by molar-refractivity contribution is 5.87. The van der Waals surface area contributed by atoms with E-state index in [2.05, 4.69) is 47.7 Å². The van der Waals surface area contributed by atoms with E-state index in [1.165, 1.54) is 29.3 Å². The van der Waals surface area contributed by atoms with Crippen molar-refractivity contribution in [3.63, 3.8) is 0 Å². The molecule has 0 N–H and O–H groups in total. The van der Waals surface area contributed by atoms with E-state index in [-0.39, 0.29) is 18.1 Å². The van der Waals surface area contributed by atoms with E-state index in [9.17, 15) is 4.79 Å². The number of carbonyl (C=O) groups excluding carboxylic acids is 1. The molecule has 0 saturated heterocycles. The van der Waals surface area contributed by atoms with Crippen molar-refractivity contribution in [2.75, 3.05) is 14.2 Å². The van der Waals surface area contributed by atoms with Gasteiger partial charge in [-0.1, -0.05) is 18.2 Å². The third-order valence-corrected chi connectivity index (χ3v) is 4.63. The lowest BCUT2D eigenvalue weighted by molar-refractivity contribution is -0.147. The number of para-hydroxylation sites is 1. The van der Waals surface area contributed by atoms with Crippen molar-refractivity contribution in [3.8, 4) is 0 Å². The summed E-state index contributed by atoms with van der Waals surface area (Å²) in [6.45, 7) is 2.15. The van der Waals surface area contributed by atoms with Crippen LogP contribution in [0, 0.1) is 0 Å². The molecule has 2 atom stereocenters. The van der Waals surface area contributed by atoms with Crippen LogP contribution in [0.15, 0.2) is 24.3 Å². The fraction of sp³-hybridized carbons (Fsp3) is 0.438. The second-order valence-corrected chi connectivity index (χ2v) is 5.52. The van der Waals surface area contributed by atoms with Gasteiger partial charge in [0.25, 0.3) is 0 Å². The minimum absolute atomic E-state index is 0.155. The smallest absolute Gasteiger partial charge is 0.323 e. The molecule has 0 aliphatic carbocycles. The number of nitrogens with zero attached hydrogens (tertiary/aromatic N) is 2. The molecule has 0 bridgehead atoms. The summed E-state index contributed by atoms with van der Waals surface area (Å²) in [6, 6.07) is 8.38. The van der Waals surface area contributed by atoms with Gasteiger partial charge < -0.3 is 9.30 Å². The predicted molar refractivity (Wildman–Crippen MR) is 78.6 cm³/mol. The Hall–Kier alpha value is -1.81. The Morgan fingerprint density at radius 2 is 2.00 bits per heavy atom. The van der Waals surface area contributed by atoms with Crippen LogP contribution in [0.25, 0.3) is 10.9 Å². The number of ether oxygens (including phenoxy) is 1.